The molecule has 0 aromatic heterocycles. The molecular weight excluding hydrogens is 430 g/mol. The van der Waals surface area contributed by atoms with Crippen LogP contribution in [0.5, 0.6) is 0 Å². The highest BCUT2D eigenvalue weighted by Gasteiger charge is 2.29. The molecule has 9 nitrogen and oxygen atoms in total. The monoisotopic (exact) mass is 445 g/mol. The van der Waals surface area contributed by atoms with E-state index in [9.17, 15) is 26.2 Å². The topological polar surface area (TPSA) is 147 Å². The normalized spacial score (nSPS) is 16.7. The Morgan fingerprint density at radius 3 is 2.50 bits per heavy atom. The number of hydrogen-bond donors (Lipinski definition) is 3. The SMILES string of the molecule is CC1Cc2cc(S(=O)(=O)O)ccc2N1NC(=O)c1ccc(Cl)c(S(N)(=O)=O)c1. The lowest BCUT2D eigenvalue weighted by Gasteiger charge is -2.25. The Bertz CT molecular complexity index is 1180. The Balaban J connectivity index is 1.91. The molecule has 0 saturated heterocycles. The number of rotatable bonds is 4. The van der Waals surface area contributed by atoms with E-state index in [1.54, 1.807) is 0 Å². The van der Waals surface area contributed by atoms with E-state index in [1.165, 1.54) is 35.3 Å². The molecule has 3 rings (SSSR count). The van der Waals surface area contributed by atoms with Gasteiger partial charge in [0.1, 0.15) is 4.90 Å². The fraction of sp³-hybridized carbons (Fsp3) is 0.188. The highest BCUT2D eigenvalue weighted by Crippen LogP contribution is 2.32. The minimum absolute atomic E-state index is 0.0311. The second-order valence-corrected chi connectivity index (χ2v) is 9.68. The van der Waals surface area contributed by atoms with Gasteiger partial charge in [0.25, 0.3) is 16.0 Å². The van der Waals surface area contributed by atoms with Crippen molar-refractivity contribution in [1.82, 2.24) is 5.43 Å². The number of anilines is 1. The summed E-state index contributed by atoms with van der Waals surface area (Å²) in [6.07, 6.45) is 0.433. The molecule has 1 unspecified atom stereocenters. The molecular formula is C16H16ClN3O6S2. The summed E-state index contributed by atoms with van der Waals surface area (Å²) in [7, 11) is -8.44. The summed E-state index contributed by atoms with van der Waals surface area (Å²) < 4.78 is 54.9. The van der Waals surface area contributed by atoms with Crippen LogP contribution in [-0.2, 0) is 26.6 Å². The van der Waals surface area contributed by atoms with E-state index in [4.69, 9.17) is 16.7 Å². The van der Waals surface area contributed by atoms with E-state index in [0.29, 0.717) is 17.7 Å². The fourth-order valence-electron chi connectivity index (χ4n) is 2.97. The van der Waals surface area contributed by atoms with Gasteiger partial charge in [-0.3, -0.25) is 19.8 Å². The van der Waals surface area contributed by atoms with E-state index in [2.05, 4.69) is 5.43 Å². The molecule has 1 aliphatic rings. The van der Waals surface area contributed by atoms with Crippen LogP contribution in [0.3, 0.4) is 0 Å². The van der Waals surface area contributed by atoms with Crippen LogP contribution < -0.4 is 15.6 Å². The smallest absolute Gasteiger partial charge is 0.282 e. The van der Waals surface area contributed by atoms with Crippen LogP contribution in [0.25, 0.3) is 0 Å². The maximum Gasteiger partial charge on any atom is 0.294 e. The highest BCUT2D eigenvalue weighted by atomic mass is 35.5. The summed E-state index contributed by atoms with van der Waals surface area (Å²) in [4.78, 5) is 12.0. The number of primary sulfonamides is 1. The lowest BCUT2D eigenvalue weighted by molar-refractivity contribution is 0.0946. The van der Waals surface area contributed by atoms with E-state index in [1.807, 2.05) is 6.92 Å². The number of fused-ring (bicyclic) bond motifs is 1. The van der Waals surface area contributed by atoms with Crippen LogP contribution in [0.2, 0.25) is 5.02 Å². The molecule has 0 aliphatic carbocycles. The Hall–Kier alpha value is -2.18. The maximum absolute atomic E-state index is 12.6. The van der Waals surface area contributed by atoms with Crippen molar-refractivity contribution in [1.29, 1.82) is 0 Å². The van der Waals surface area contributed by atoms with Gasteiger partial charge in [-0.1, -0.05) is 11.6 Å². The number of carbonyl (C=O) groups excluding carboxylic acids is 1. The van der Waals surface area contributed by atoms with Crippen molar-refractivity contribution in [3.63, 3.8) is 0 Å². The van der Waals surface area contributed by atoms with E-state index in [-0.39, 0.29) is 26.4 Å². The molecule has 2 aromatic carbocycles. The lowest BCUT2D eigenvalue weighted by atomic mass is 10.1. The standard InChI is InChI=1S/C16H16ClN3O6S2/c1-9-6-11-7-12(28(24,25)26)3-5-14(11)20(9)19-16(21)10-2-4-13(17)15(8-10)27(18,22)23/h2-5,7-9H,6H2,1H3,(H,19,21)(H2,18,22,23)(H,24,25,26). The first-order chi connectivity index (χ1) is 12.9. The van der Waals surface area contributed by atoms with E-state index >= 15 is 0 Å². The molecule has 4 N–H and O–H groups in total. The average Bonchev–Trinajstić information content (AvgIpc) is 2.88. The molecule has 0 saturated carbocycles. The number of nitrogens with one attached hydrogen (secondary N) is 1. The molecule has 0 fully saturated rings. The number of halogens is 1. The summed E-state index contributed by atoms with van der Waals surface area (Å²) in [5.41, 5.74) is 3.89. The van der Waals surface area contributed by atoms with Crippen molar-refractivity contribution in [3.8, 4) is 0 Å². The second kappa shape index (κ2) is 7.01. The van der Waals surface area contributed by atoms with Gasteiger partial charge in [-0.15, -0.1) is 0 Å². The van der Waals surface area contributed by atoms with Gasteiger partial charge in [0.15, 0.2) is 0 Å². The van der Waals surface area contributed by atoms with Crippen molar-refractivity contribution >= 4 is 43.3 Å². The minimum Gasteiger partial charge on any atom is -0.282 e. The van der Waals surface area contributed by atoms with Crippen molar-refractivity contribution in [2.75, 3.05) is 5.01 Å². The predicted molar refractivity (Wildman–Crippen MR) is 102 cm³/mol. The van der Waals surface area contributed by atoms with Crippen LogP contribution in [0, 0.1) is 0 Å². The van der Waals surface area contributed by atoms with Gasteiger partial charge in [-0.05, 0) is 55.3 Å². The first-order valence-electron chi connectivity index (χ1n) is 7.91. The van der Waals surface area contributed by atoms with Gasteiger partial charge in [-0.2, -0.15) is 8.42 Å². The van der Waals surface area contributed by atoms with Crippen molar-refractivity contribution < 1.29 is 26.2 Å². The quantitative estimate of drug-likeness (QED) is 0.601. The largest absolute Gasteiger partial charge is 0.294 e. The van der Waals surface area contributed by atoms with Crippen LogP contribution in [-0.4, -0.2) is 33.3 Å². The van der Waals surface area contributed by atoms with E-state index in [0.717, 1.165) is 6.07 Å². The molecule has 0 bridgehead atoms. The fourth-order valence-corrected chi connectivity index (χ4v) is 4.58. The van der Waals surface area contributed by atoms with Crippen molar-refractivity contribution in [3.05, 3.63) is 52.5 Å². The van der Waals surface area contributed by atoms with Crippen LogP contribution in [0.4, 0.5) is 5.69 Å². The Kier molecular flexibility index (Phi) is 5.15. The van der Waals surface area contributed by atoms with Gasteiger partial charge in [0, 0.05) is 5.56 Å². The Morgan fingerprint density at radius 1 is 1.21 bits per heavy atom. The van der Waals surface area contributed by atoms with E-state index < -0.39 is 26.0 Å². The molecule has 150 valence electrons. The molecule has 28 heavy (non-hydrogen) atoms. The van der Waals surface area contributed by atoms with Crippen LogP contribution >= 0.6 is 11.6 Å². The average molecular weight is 446 g/mol. The molecule has 0 spiro atoms. The van der Waals surface area contributed by atoms with Crippen molar-refractivity contribution in [2.24, 2.45) is 5.14 Å². The third-order valence-electron chi connectivity index (χ3n) is 4.29. The predicted octanol–water partition coefficient (Wildman–Crippen LogP) is 1.33. The Labute approximate surface area is 166 Å². The number of amides is 1. The number of hydrogen-bond acceptors (Lipinski definition) is 6. The molecule has 12 heteroatoms. The zero-order chi connectivity index (χ0) is 20.9. The Morgan fingerprint density at radius 2 is 1.89 bits per heavy atom. The number of nitrogens with zero attached hydrogens (tertiary/aromatic N) is 1. The van der Waals surface area contributed by atoms with Crippen molar-refractivity contribution in [2.45, 2.75) is 29.2 Å². The summed E-state index contributed by atoms with van der Waals surface area (Å²) in [6.45, 7) is 1.81. The molecule has 1 amide bonds. The van der Waals surface area contributed by atoms with Gasteiger partial charge in [0.05, 0.1) is 21.6 Å². The number of nitrogens with two attached hydrogens (primary N) is 1. The molecule has 1 atom stereocenters. The highest BCUT2D eigenvalue weighted by molar-refractivity contribution is 7.89. The van der Waals surface area contributed by atoms with Crippen LogP contribution in [0.1, 0.15) is 22.8 Å². The summed E-state index contributed by atoms with van der Waals surface area (Å²) >= 11 is 5.83. The van der Waals surface area contributed by atoms with Gasteiger partial charge < -0.3 is 0 Å². The summed E-state index contributed by atoms with van der Waals surface area (Å²) in [5.74, 6) is -0.597. The number of hydrazine groups is 1. The second-order valence-electron chi connectivity index (χ2n) is 6.32. The van der Waals surface area contributed by atoms with Gasteiger partial charge >= 0.3 is 0 Å². The zero-order valence-corrected chi connectivity index (χ0v) is 16.8. The third-order valence-corrected chi connectivity index (χ3v) is 6.53. The number of benzene rings is 2. The number of sulfonamides is 1. The summed E-state index contributed by atoms with van der Waals surface area (Å²) in [5, 5.41) is 6.54. The maximum atomic E-state index is 12.6. The first-order valence-corrected chi connectivity index (χ1v) is 11.3. The third kappa shape index (κ3) is 3.98. The first kappa shape index (κ1) is 20.6. The molecule has 0 radical (unpaired) electrons. The van der Waals surface area contributed by atoms with Gasteiger partial charge in [-0.25, -0.2) is 13.6 Å². The lowest BCUT2D eigenvalue weighted by Crippen LogP contribution is -2.45. The molecule has 2 aromatic rings. The van der Waals surface area contributed by atoms with Gasteiger partial charge in [0.2, 0.25) is 10.0 Å². The minimum atomic E-state index is -4.34. The molecule has 1 aliphatic heterocycles. The number of carbonyl (C=O) groups is 1. The molecule has 1 heterocycles. The van der Waals surface area contributed by atoms with Crippen LogP contribution in [0.15, 0.2) is 46.2 Å². The zero-order valence-electron chi connectivity index (χ0n) is 14.5. The summed E-state index contributed by atoms with van der Waals surface area (Å²) in [6, 6.07) is 7.53.